The Kier molecular flexibility index (Phi) is 5.98. The molecule has 22 heavy (non-hydrogen) atoms. The number of aryl methyl sites for hydroxylation is 1. The predicted molar refractivity (Wildman–Crippen MR) is 89.2 cm³/mol. The van der Waals surface area contributed by atoms with E-state index in [1.54, 1.807) is 0 Å². The summed E-state index contributed by atoms with van der Waals surface area (Å²) >= 11 is 0. The van der Waals surface area contributed by atoms with Crippen molar-refractivity contribution in [3.63, 3.8) is 0 Å². The van der Waals surface area contributed by atoms with Crippen LogP contribution in [0.3, 0.4) is 0 Å². The van der Waals surface area contributed by atoms with E-state index in [1.165, 1.54) is 19.3 Å². The minimum atomic E-state index is 0.195. The molecule has 6 heteroatoms. The summed E-state index contributed by atoms with van der Waals surface area (Å²) in [6, 6.07) is 1.94. The van der Waals surface area contributed by atoms with Crippen molar-refractivity contribution in [3.05, 3.63) is 11.8 Å². The lowest BCUT2D eigenvalue weighted by molar-refractivity contribution is -0.125. The van der Waals surface area contributed by atoms with Crippen LogP contribution in [0.25, 0.3) is 0 Å². The van der Waals surface area contributed by atoms with Crippen LogP contribution >= 0.6 is 0 Å². The van der Waals surface area contributed by atoms with E-state index in [9.17, 15) is 4.79 Å². The molecular weight excluding hydrogens is 278 g/mol. The molecular formula is C16H27N5O. The van der Waals surface area contributed by atoms with Gasteiger partial charge in [-0.25, -0.2) is 4.98 Å². The van der Waals surface area contributed by atoms with Gasteiger partial charge in [0.15, 0.2) is 0 Å². The van der Waals surface area contributed by atoms with Crippen molar-refractivity contribution in [2.24, 2.45) is 5.92 Å². The van der Waals surface area contributed by atoms with Crippen LogP contribution in [0.2, 0.25) is 0 Å². The first-order valence-electron chi connectivity index (χ1n) is 8.11. The summed E-state index contributed by atoms with van der Waals surface area (Å²) in [6.45, 7) is 3.18. The van der Waals surface area contributed by atoms with Crippen LogP contribution in [0.4, 0.5) is 11.8 Å². The van der Waals surface area contributed by atoms with Gasteiger partial charge in [0.2, 0.25) is 11.9 Å². The van der Waals surface area contributed by atoms with Gasteiger partial charge in [-0.05, 0) is 19.8 Å². The van der Waals surface area contributed by atoms with Gasteiger partial charge in [0, 0.05) is 44.9 Å². The number of hydrogen-bond donors (Lipinski definition) is 2. The van der Waals surface area contributed by atoms with Gasteiger partial charge in [-0.1, -0.05) is 19.3 Å². The number of nitrogens with zero attached hydrogens (tertiary/aromatic N) is 3. The molecule has 0 aromatic carbocycles. The molecule has 1 heterocycles. The van der Waals surface area contributed by atoms with E-state index in [4.69, 9.17) is 0 Å². The maximum Gasteiger partial charge on any atom is 0.224 e. The number of rotatable bonds is 6. The van der Waals surface area contributed by atoms with Gasteiger partial charge in [0.1, 0.15) is 5.82 Å². The summed E-state index contributed by atoms with van der Waals surface area (Å²) in [4.78, 5) is 22.8. The zero-order valence-corrected chi connectivity index (χ0v) is 13.9. The second kappa shape index (κ2) is 7.96. The normalized spacial score (nSPS) is 15.4. The van der Waals surface area contributed by atoms with Gasteiger partial charge in [0.05, 0.1) is 0 Å². The molecule has 1 aliphatic rings. The Hall–Kier alpha value is -1.85. The third kappa shape index (κ3) is 4.86. The summed E-state index contributed by atoms with van der Waals surface area (Å²) in [5.41, 5.74) is 0.924. The fourth-order valence-electron chi connectivity index (χ4n) is 2.73. The van der Waals surface area contributed by atoms with Crippen LogP contribution in [0.1, 0.15) is 37.8 Å². The van der Waals surface area contributed by atoms with Crippen molar-refractivity contribution in [2.75, 3.05) is 37.4 Å². The average molecular weight is 305 g/mol. The van der Waals surface area contributed by atoms with Crippen LogP contribution in [0, 0.1) is 12.8 Å². The number of amides is 1. The van der Waals surface area contributed by atoms with E-state index in [2.05, 4.69) is 20.6 Å². The van der Waals surface area contributed by atoms with Crippen molar-refractivity contribution in [3.8, 4) is 0 Å². The molecule has 1 saturated carbocycles. The highest BCUT2D eigenvalue weighted by molar-refractivity contribution is 5.78. The number of anilines is 2. The molecule has 0 unspecified atom stereocenters. The fraction of sp³-hybridized carbons (Fsp3) is 0.688. The zero-order chi connectivity index (χ0) is 15.9. The van der Waals surface area contributed by atoms with E-state index in [1.807, 2.05) is 32.0 Å². The van der Waals surface area contributed by atoms with E-state index in [0.29, 0.717) is 19.0 Å². The summed E-state index contributed by atoms with van der Waals surface area (Å²) in [7, 11) is 3.91. The topological polar surface area (TPSA) is 70.2 Å². The van der Waals surface area contributed by atoms with Gasteiger partial charge < -0.3 is 15.5 Å². The summed E-state index contributed by atoms with van der Waals surface area (Å²) < 4.78 is 0. The minimum Gasteiger partial charge on any atom is -0.363 e. The maximum absolute atomic E-state index is 12.0. The molecule has 0 spiro atoms. The van der Waals surface area contributed by atoms with Crippen molar-refractivity contribution in [1.82, 2.24) is 15.3 Å². The number of carbonyl (C=O) groups excluding carboxylic acids is 1. The highest BCUT2D eigenvalue weighted by atomic mass is 16.1. The zero-order valence-electron chi connectivity index (χ0n) is 13.9. The van der Waals surface area contributed by atoms with Crippen molar-refractivity contribution in [2.45, 2.75) is 39.0 Å². The standard InChI is InChI=1S/C16H27N5O/c1-12-11-14(21(2)3)20-16(19-12)18-10-9-17-15(22)13-7-5-4-6-8-13/h11,13H,4-10H2,1-3H3,(H,17,22)(H,18,19,20). The summed E-state index contributed by atoms with van der Waals surface area (Å²) in [5.74, 6) is 1.89. The highest BCUT2D eigenvalue weighted by Gasteiger charge is 2.20. The first-order valence-corrected chi connectivity index (χ1v) is 8.11. The van der Waals surface area contributed by atoms with Gasteiger partial charge in [-0.3, -0.25) is 4.79 Å². The van der Waals surface area contributed by atoms with Gasteiger partial charge in [0.25, 0.3) is 0 Å². The minimum absolute atomic E-state index is 0.195. The van der Waals surface area contributed by atoms with E-state index in [0.717, 1.165) is 24.4 Å². The number of hydrogen-bond acceptors (Lipinski definition) is 5. The quantitative estimate of drug-likeness (QED) is 0.786. The summed E-state index contributed by atoms with van der Waals surface area (Å²) in [5, 5.41) is 6.18. The second-order valence-electron chi connectivity index (χ2n) is 6.14. The molecule has 1 aromatic rings. The van der Waals surface area contributed by atoms with Gasteiger partial charge >= 0.3 is 0 Å². The number of aromatic nitrogens is 2. The smallest absolute Gasteiger partial charge is 0.224 e. The van der Waals surface area contributed by atoms with Crippen LogP contribution < -0.4 is 15.5 Å². The Labute approximate surface area is 132 Å². The molecule has 2 rings (SSSR count). The fourth-order valence-corrected chi connectivity index (χ4v) is 2.73. The van der Waals surface area contributed by atoms with Crippen molar-refractivity contribution < 1.29 is 4.79 Å². The molecule has 1 aliphatic carbocycles. The lowest BCUT2D eigenvalue weighted by atomic mass is 9.89. The Morgan fingerprint density at radius 3 is 2.64 bits per heavy atom. The monoisotopic (exact) mass is 305 g/mol. The predicted octanol–water partition coefficient (Wildman–Crippen LogP) is 1.96. The van der Waals surface area contributed by atoms with Gasteiger partial charge in [-0.2, -0.15) is 4.98 Å². The third-order valence-electron chi connectivity index (χ3n) is 3.98. The Morgan fingerprint density at radius 2 is 1.95 bits per heavy atom. The Bertz CT molecular complexity index is 497. The third-order valence-corrected chi connectivity index (χ3v) is 3.98. The molecule has 0 atom stereocenters. The van der Waals surface area contributed by atoms with Crippen molar-refractivity contribution in [1.29, 1.82) is 0 Å². The Balaban J connectivity index is 1.75. The molecule has 1 amide bonds. The molecule has 1 fully saturated rings. The molecule has 0 radical (unpaired) electrons. The maximum atomic E-state index is 12.0. The summed E-state index contributed by atoms with van der Waals surface area (Å²) in [6.07, 6.45) is 5.70. The van der Waals surface area contributed by atoms with Crippen LogP contribution in [-0.4, -0.2) is 43.1 Å². The van der Waals surface area contributed by atoms with E-state index >= 15 is 0 Å². The molecule has 2 N–H and O–H groups in total. The highest BCUT2D eigenvalue weighted by Crippen LogP contribution is 2.23. The van der Waals surface area contributed by atoms with Crippen LogP contribution in [0.15, 0.2) is 6.07 Å². The lowest BCUT2D eigenvalue weighted by Crippen LogP contribution is -2.35. The molecule has 122 valence electrons. The van der Waals surface area contributed by atoms with Gasteiger partial charge in [-0.15, -0.1) is 0 Å². The molecule has 0 saturated heterocycles. The molecule has 6 nitrogen and oxygen atoms in total. The largest absolute Gasteiger partial charge is 0.363 e. The first kappa shape index (κ1) is 16.5. The number of nitrogens with one attached hydrogen (secondary N) is 2. The molecule has 1 aromatic heterocycles. The first-order chi connectivity index (χ1) is 10.6. The SMILES string of the molecule is Cc1cc(N(C)C)nc(NCCNC(=O)C2CCCCC2)n1. The molecule has 0 aliphatic heterocycles. The lowest BCUT2D eigenvalue weighted by Gasteiger charge is -2.20. The number of carbonyl (C=O) groups is 1. The molecule has 0 bridgehead atoms. The Morgan fingerprint density at radius 1 is 1.23 bits per heavy atom. The van der Waals surface area contributed by atoms with Crippen LogP contribution in [-0.2, 0) is 4.79 Å². The second-order valence-corrected chi connectivity index (χ2v) is 6.14. The van der Waals surface area contributed by atoms with Crippen LogP contribution in [0.5, 0.6) is 0 Å². The van der Waals surface area contributed by atoms with E-state index in [-0.39, 0.29) is 11.8 Å². The van der Waals surface area contributed by atoms with Crippen molar-refractivity contribution >= 4 is 17.7 Å². The average Bonchev–Trinajstić information content (AvgIpc) is 2.51. The van der Waals surface area contributed by atoms with E-state index < -0.39 is 0 Å².